The lowest BCUT2D eigenvalue weighted by atomic mass is 10.0. The van der Waals surface area contributed by atoms with Gasteiger partial charge in [-0.3, -0.25) is 0 Å². The van der Waals surface area contributed by atoms with Crippen molar-refractivity contribution >= 4 is 17.6 Å². The van der Waals surface area contributed by atoms with Crippen molar-refractivity contribution in [2.75, 3.05) is 5.73 Å². The Morgan fingerprint density at radius 2 is 1.76 bits per heavy atom. The molecule has 0 radical (unpaired) electrons. The van der Waals surface area contributed by atoms with Gasteiger partial charge in [-0.15, -0.1) is 0 Å². The van der Waals surface area contributed by atoms with Crippen LogP contribution in [0.3, 0.4) is 0 Å². The summed E-state index contributed by atoms with van der Waals surface area (Å²) < 4.78 is 0. The first-order valence-electron chi connectivity index (χ1n) is 5.50. The SMILES string of the molecule is CC(C)c1ccc(Sc2cnc(N)cn2)cc1. The molecule has 0 saturated carbocycles. The van der Waals surface area contributed by atoms with Crippen LogP contribution in [0.5, 0.6) is 0 Å². The molecular weight excluding hydrogens is 230 g/mol. The molecule has 88 valence electrons. The van der Waals surface area contributed by atoms with Crippen LogP contribution in [0.4, 0.5) is 5.82 Å². The molecule has 0 spiro atoms. The van der Waals surface area contributed by atoms with Gasteiger partial charge in [0.05, 0.1) is 12.4 Å². The van der Waals surface area contributed by atoms with Crippen LogP contribution in [0.1, 0.15) is 25.3 Å². The van der Waals surface area contributed by atoms with Crippen molar-refractivity contribution in [1.29, 1.82) is 0 Å². The molecule has 1 aromatic heterocycles. The third-order valence-electron chi connectivity index (χ3n) is 2.42. The maximum atomic E-state index is 5.49. The molecule has 1 aromatic carbocycles. The molecule has 3 nitrogen and oxygen atoms in total. The van der Waals surface area contributed by atoms with Gasteiger partial charge in [0.2, 0.25) is 0 Å². The van der Waals surface area contributed by atoms with Gasteiger partial charge in [-0.05, 0) is 23.6 Å². The molecule has 0 unspecified atom stereocenters. The van der Waals surface area contributed by atoms with E-state index in [-0.39, 0.29) is 0 Å². The average Bonchev–Trinajstić information content (AvgIpc) is 2.33. The second-order valence-electron chi connectivity index (χ2n) is 4.11. The van der Waals surface area contributed by atoms with E-state index in [1.54, 1.807) is 24.2 Å². The molecule has 2 N–H and O–H groups in total. The number of nitrogens with zero attached hydrogens (tertiary/aromatic N) is 2. The van der Waals surface area contributed by atoms with Crippen molar-refractivity contribution in [3.8, 4) is 0 Å². The second-order valence-corrected chi connectivity index (χ2v) is 5.20. The Bertz CT molecular complexity index is 477. The summed E-state index contributed by atoms with van der Waals surface area (Å²) in [6.45, 7) is 4.38. The van der Waals surface area contributed by atoms with E-state index in [4.69, 9.17) is 5.73 Å². The van der Waals surface area contributed by atoms with Gasteiger partial charge in [-0.25, -0.2) is 9.97 Å². The van der Waals surface area contributed by atoms with Crippen LogP contribution in [0.15, 0.2) is 46.6 Å². The number of hydrogen-bond acceptors (Lipinski definition) is 4. The Balaban J connectivity index is 2.11. The molecule has 0 bridgehead atoms. The summed E-state index contributed by atoms with van der Waals surface area (Å²) in [5, 5.41) is 0.858. The monoisotopic (exact) mass is 245 g/mol. The highest BCUT2D eigenvalue weighted by Crippen LogP contribution is 2.26. The van der Waals surface area contributed by atoms with E-state index in [0.29, 0.717) is 11.7 Å². The number of nitrogens with two attached hydrogens (primary N) is 1. The molecule has 4 heteroatoms. The Hall–Kier alpha value is -1.55. The largest absolute Gasteiger partial charge is 0.382 e. The molecule has 0 aliphatic rings. The molecule has 2 aromatic rings. The highest BCUT2D eigenvalue weighted by molar-refractivity contribution is 7.99. The molecule has 0 saturated heterocycles. The van der Waals surface area contributed by atoms with Crippen molar-refractivity contribution in [3.05, 3.63) is 42.2 Å². The summed E-state index contributed by atoms with van der Waals surface area (Å²) in [4.78, 5) is 9.38. The zero-order chi connectivity index (χ0) is 12.3. The quantitative estimate of drug-likeness (QED) is 0.901. The van der Waals surface area contributed by atoms with E-state index in [0.717, 1.165) is 9.92 Å². The predicted molar refractivity (Wildman–Crippen MR) is 71.1 cm³/mol. The Morgan fingerprint density at radius 1 is 1.06 bits per heavy atom. The lowest BCUT2D eigenvalue weighted by molar-refractivity contribution is 0.865. The van der Waals surface area contributed by atoms with Crippen LogP contribution in [-0.4, -0.2) is 9.97 Å². The normalized spacial score (nSPS) is 10.8. The van der Waals surface area contributed by atoms with Crippen molar-refractivity contribution in [2.24, 2.45) is 0 Å². The first kappa shape index (κ1) is 11.9. The fourth-order valence-corrected chi connectivity index (χ4v) is 2.14. The Morgan fingerprint density at radius 3 is 2.29 bits per heavy atom. The van der Waals surface area contributed by atoms with E-state index < -0.39 is 0 Å². The van der Waals surface area contributed by atoms with Gasteiger partial charge in [0.1, 0.15) is 10.8 Å². The lowest BCUT2D eigenvalue weighted by Gasteiger charge is -2.06. The van der Waals surface area contributed by atoms with Crippen molar-refractivity contribution < 1.29 is 0 Å². The van der Waals surface area contributed by atoms with Crippen LogP contribution < -0.4 is 5.73 Å². The number of rotatable bonds is 3. The average molecular weight is 245 g/mol. The van der Waals surface area contributed by atoms with Crippen molar-refractivity contribution in [2.45, 2.75) is 29.7 Å². The summed E-state index contributed by atoms with van der Waals surface area (Å²) in [6.07, 6.45) is 3.27. The van der Waals surface area contributed by atoms with Gasteiger partial charge >= 0.3 is 0 Å². The van der Waals surface area contributed by atoms with Gasteiger partial charge in [0.15, 0.2) is 0 Å². The predicted octanol–water partition coefficient (Wildman–Crippen LogP) is 3.33. The smallest absolute Gasteiger partial charge is 0.141 e. The minimum absolute atomic E-state index is 0.449. The molecule has 17 heavy (non-hydrogen) atoms. The number of anilines is 1. The van der Waals surface area contributed by atoms with Crippen molar-refractivity contribution in [3.63, 3.8) is 0 Å². The minimum atomic E-state index is 0.449. The first-order chi connectivity index (χ1) is 8.15. The van der Waals surface area contributed by atoms with E-state index in [2.05, 4.69) is 48.1 Å². The van der Waals surface area contributed by atoms with Crippen LogP contribution in [0.25, 0.3) is 0 Å². The minimum Gasteiger partial charge on any atom is -0.382 e. The number of benzene rings is 1. The lowest BCUT2D eigenvalue weighted by Crippen LogP contribution is -1.91. The third-order valence-corrected chi connectivity index (χ3v) is 3.35. The molecule has 0 aliphatic carbocycles. The standard InChI is InChI=1S/C13H15N3S/c1-9(2)10-3-5-11(6-4-10)17-13-8-15-12(14)7-16-13/h3-9H,1-2H3,(H2,14,15). The van der Waals surface area contributed by atoms with Gasteiger partial charge in [0, 0.05) is 4.90 Å². The van der Waals surface area contributed by atoms with Crippen LogP contribution in [0.2, 0.25) is 0 Å². The first-order valence-corrected chi connectivity index (χ1v) is 6.32. The highest BCUT2D eigenvalue weighted by atomic mass is 32.2. The van der Waals surface area contributed by atoms with Crippen LogP contribution >= 0.6 is 11.8 Å². The summed E-state index contributed by atoms with van der Waals surface area (Å²) in [5.74, 6) is 1.01. The maximum Gasteiger partial charge on any atom is 0.141 e. The van der Waals surface area contributed by atoms with Crippen LogP contribution in [0, 0.1) is 0 Å². The van der Waals surface area contributed by atoms with Crippen molar-refractivity contribution in [1.82, 2.24) is 9.97 Å². The topological polar surface area (TPSA) is 51.8 Å². The molecular formula is C13H15N3S. The Kier molecular flexibility index (Phi) is 3.64. The molecule has 0 fully saturated rings. The maximum absolute atomic E-state index is 5.49. The molecule has 0 atom stereocenters. The van der Waals surface area contributed by atoms with E-state index >= 15 is 0 Å². The summed E-state index contributed by atoms with van der Waals surface area (Å²) in [7, 11) is 0. The zero-order valence-electron chi connectivity index (χ0n) is 9.92. The van der Waals surface area contributed by atoms with Gasteiger partial charge < -0.3 is 5.73 Å². The number of hydrogen-bond donors (Lipinski definition) is 1. The van der Waals surface area contributed by atoms with Gasteiger partial charge in [-0.2, -0.15) is 0 Å². The second kappa shape index (κ2) is 5.19. The van der Waals surface area contributed by atoms with Crippen LogP contribution in [-0.2, 0) is 0 Å². The third kappa shape index (κ3) is 3.20. The van der Waals surface area contributed by atoms with E-state index in [1.807, 2.05) is 0 Å². The Labute approximate surface area is 105 Å². The number of aromatic nitrogens is 2. The summed E-state index contributed by atoms with van der Waals surface area (Å²) in [6, 6.07) is 8.52. The fraction of sp³-hybridized carbons (Fsp3) is 0.231. The zero-order valence-corrected chi connectivity index (χ0v) is 10.7. The molecule has 2 rings (SSSR count). The molecule has 0 aliphatic heterocycles. The molecule has 1 heterocycles. The van der Waals surface area contributed by atoms with Gasteiger partial charge in [0.25, 0.3) is 0 Å². The molecule has 0 amide bonds. The fourth-order valence-electron chi connectivity index (χ4n) is 1.42. The number of nitrogen functional groups attached to an aromatic ring is 1. The summed E-state index contributed by atoms with van der Waals surface area (Å²) >= 11 is 1.59. The van der Waals surface area contributed by atoms with Gasteiger partial charge in [-0.1, -0.05) is 37.7 Å². The highest BCUT2D eigenvalue weighted by Gasteiger charge is 2.01. The van der Waals surface area contributed by atoms with E-state index in [9.17, 15) is 0 Å². The summed E-state index contributed by atoms with van der Waals surface area (Å²) in [5.41, 5.74) is 6.84. The van der Waals surface area contributed by atoms with E-state index in [1.165, 1.54) is 5.56 Å².